The Kier molecular flexibility index (Phi) is 5.50. The van der Waals surface area contributed by atoms with Gasteiger partial charge in [-0.3, -0.25) is 10.1 Å². The second-order valence-electron chi connectivity index (χ2n) is 8.42. The highest BCUT2D eigenvalue weighted by atomic mass is 19.1. The molecule has 2 aromatic heterocycles. The van der Waals surface area contributed by atoms with Crippen molar-refractivity contribution >= 4 is 27.5 Å². The third-order valence-corrected chi connectivity index (χ3v) is 6.02. The number of aliphatic hydroxyl groups is 1. The molecule has 0 amide bonds. The van der Waals surface area contributed by atoms with Gasteiger partial charge in [0, 0.05) is 19.8 Å². The Hall–Kier alpha value is -3.26. The molecule has 3 N–H and O–H groups in total. The zero-order valence-electron chi connectivity index (χ0n) is 18.5. The molecule has 8 heteroatoms. The SMILES string of the molecule is CCc1cccc2cc(O)c(F)c(-c3ncc4c(N(C)C[C@](C)(O)CC)n[nH]c4c3F)c12. The Morgan fingerprint density at radius 1 is 1.19 bits per heavy atom. The smallest absolute Gasteiger partial charge is 0.175 e. The van der Waals surface area contributed by atoms with Gasteiger partial charge in [-0.15, -0.1) is 0 Å². The number of H-pyrrole nitrogens is 1. The number of aromatic hydroxyl groups is 1. The lowest BCUT2D eigenvalue weighted by Gasteiger charge is -2.28. The van der Waals surface area contributed by atoms with E-state index in [0.717, 1.165) is 5.56 Å². The molecule has 2 aromatic carbocycles. The van der Waals surface area contributed by atoms with E-state index in [1.54, 1.807) is 24.9 Å². The fourth-order valence-corrected chi connectivity index (χ4v) is 4.11. The number of likely N-dealkylation sites (N-methyl/N-ethyl adjacent to an activating group) is 1. The molecule has 0 bridgehead atoms. The summed E-state index contributed by atoms with van der Waals surface area (Å²) in [7, 11) is 1.75. The molecule has 0 radical (unpaired) electrons. The molecular formula is C24H26F2N4O2. The van der Waals surface area contributed by atoms with E-state index in [4.69, 9.17) is 0 Å². The van der Waals surface area contributed by atoms with Crippen molar-refractivity contribution in [3.63, 3.8) is 0 Å². The van der Waals surface area contributed by atoms with Crippen LogP contribution in [-0.4, -0.2) is 44.6 Å². The van der Waals surface area contributed by atoms with Crippen molar-refractivity contribution in [2.24, 2.45) is 0 Å². The molecule has 0 unspecified atom stereocenters. The number of hydrogen-bond acceptors (Lipinski definition) is 5. The summed E-state index contributed by atoms with van der Waals surface area (Å²) in [6.45, 7) is 5.82. The highest BCUT2D eigenvalue weighted by Gasteiger charge is 2.26. The van der Waals surface area contributed by atoms with Gasteiger partial charge in [-0.2, -0.15) is 5.10 Å². The van der Waals surface area contributed by atoms with Crippen molar-refractivity contribution in [2.75, 3.05) is 18.5 Å². The summed E-state index contributed by atoms with van der Waals surface area (Å²) in [6.07, 6.45) is 2.59. The number of anilines is 1. The minimum atomic E-state index is -0.938. The van der Waals surface area contributed by atoms with Crippen LogP contribution in [0.15, 0.2) is 30.5 Å². The zero-order chi connectivity index (χ0) is 23.2. The third kappa shape index (κ3) is 3.54. The molecule has 0 aliphatic carbocycles. The normalized spacial score (nSPS) is 13.6. The lowest BCUT2D eigenvalue weighted by atomic mass is 9.94. The Morgan fingerprint density at radius 2 is 1.94 bits per heavy atom. The predicted molar refractivity (Wildman–Crippen MR) is 122 cm³/mol. The maximum Gasteiger partial charge on any atom is 0.175 e. The highest BCUT2D eigenvalue weighted by Crippen LogP contribution is 2.40. The maximum atomic E-state index is 15.7. The second-order valence-corrected chi connectivity index (χ2v) is 8.42. The van der Waals surface area contributed by atoms with E-state index in [0.29, 0.717) is 41.4 Å². The van der Waals surface area contributed by atoms with Crippen LogP contribution >= 0.6 is 0 Å². The second kappa shape index (κ2) is 8.02. The van der Waals surface area contributed by atoms with Crippen LogP contribution in [0.3, 0.4) is 0 Å². The van der Waals surface area contributed by atoms with Crippen LogP contribution in [-0.2, 0) is 6.42 Å². The lowest BCUT2D eigenvalue weighted by molar-refractivity contribution is 0.0640. The topological polar surface area (TPSA) is 85.3 Å². The first-order valence-electron chi connectivity index (χ1n) is 10.6. The number of fused-ring (bicyclic) bond motifs is 2. The molecule has 0 aliphatic rings. The zero-order valence-corrected chi connectivity index (χ0v) is 18.5. The number of aryl methyl sites for hydroxylation is 1. The molecule has 0 aliphatic heterocycles. The fourth-order valence-electron chi connectivity index (χ4n) is 4.11. The number of benzene rings is 2. The summed E-state index contributed by atoms with van der Waals surface area (Å²) in [5.41, 5.74) is -0.306. The molecule has 6 nitrogen and oxygen atoms in total. The maximum absolute atomic E-state index is 15.7. The van der Waals surface area contributed by atoms with E-state index in [1.807, 2.05) is 26.0 Å². The van der Waals surface area contributed by atoms with Crippen molar-refractivity contribution < 1.29 is 19.0 Å². The largest absolute Gasteiger partial charge is 0.505 e. The first-order chi connectivity index (χ1) is 15.2. The number of phenolic OH excluding ortho intramolecular Hbond substituents is 1. The van der Waals surface area contributed by atoms with Crippen molar-refractivity contribution in [3.8, 4) is 17.0 Å². The van der Waals surface area contributed by atoms with Crippen LogP contribution in [0.2, 0.25) is 0 Å². The Balaban J connectivity index is 1.92. The van der Waals surface area contributed by atoms with Crippen LogP contribution in [0.1, 0.15) is 32.8 Å². The summed E-state index contributed by atoms with van der Waals surface area (Å²) in [4.78, 5) is 5.99. The predicted octanol–water partition coefficient (Wildman–Crippen LogP) is 4.92. The van der Waals surface area contributed by atoms with Gasteiger partial charge in [0.2, 0.25) is 0 Å². The van der Waals surface area contributed by atoms with Crippen molar-refractivity contribution in [3.05, 3.63) is 47.7 Å². The molecule has 2 heterocycles. The molecule has 0 spiro atoms. The van der Waals surface area contributed by atoms with E-state index >= 15 is 8.78 Å². The monoisotopic (exact) mass is 440 g/mol. The lowest BCUT2D eigenvalue weighted by Crippen LogP contribution is -2.38. The quantitative estimate of drug-likeness (QED) is 0.396. The highest BCUT2D eigenvalue weighted by molar-refractivity contribution is 6.02. The van der Waals surface area contributed by atoms with Crippen molar-refractivity contribution in [1.82, 2.24) is 15.2 Å². The number of rotatable bonds is 6. The van der Waals surface area contributed by atoms with Gasteiger partial charge in [0.15, 0.2) is 23.2 Å². The van der Waals surface area contributed by atoms with Crippen molar-refractivity contribution in [1.29, 1.82) is 0 Å². The standard InChI is InChI=1S/C24H26F2N4O2/c1-5-13-8-7-9-14-10-16(31)19(25)18(17(13)14)22-20(26)21-15(11-27-22)23(29-28-21)30(4)12-24(3,32)6-2/h7-11,31-32H,5-6,12H2,1-4H3,(H,28,29)/t24-/m1/s1. The summed E-state index contributed by atoms with van der Waals surface area (Å²) >= 11 is 0. The van der Waals surface area contributed by atoms with E-state index in [9.17, 15) is 10.2 Å². The molecule has 0 saturated carbocycles. The average Bonchev–Trinajstić information content (AvgIpc) is 3.20. The number of aromatic amines is 1. The molecule has 1 atom stereocenters. The van der Waals surface area contributed by atoms with Gasteiger partial charge in [0.05, 0.1) is 16.6 Å². The van der Waals surface area contributed by atoms with Gasteiger partial charge in [-0.25, -0.2) is 8.78 Å². The number of halogens is 2. The first kappa shape index (κ1) is 22.0. The van der Waals surface area contributed by atoms with Crippen molar-refractivity contribution in [2.45, 2.75) is 39.2 Å². The fraction of sp³-hybridized carbons (Fsp3) is 0.333. The van der Waals surface area contributed by atoms with Crippen LogP contribution in [0.5, 0.6) is 5.75 Å². The van der Waals surface area contributed by atoms with Crippen LogP contribution in [0.25, 0.3) is 32.9 Å². The molecule has 4 rings (SSSR count). The number of nitrogens with zero attached hydrogens (tertiary/aromatic N) is 3. The minimum absolute atomic E-state index is 0.0738. The minimum Gasteiger partial charge on any atom is -0.505 e. The van der Waals surface area contributed by atoms with Gasteiger partial charge in [0.1, 0.15) is 11.2 Å². The van der Waals surface area contributed by atoms with E-state index in [-0.39, 0.29) is 16.8 Å². The van der Waals surface area contributed by atoms with Gasteiger partial charge < -0.3 is 15.1 Å². The molecule has 32 heavy (non-hydrogen) atoms. The summed E-state index contributed by atoms with van der Waals surface area (Å²) < 4.78 is 30.8. The van der Waals surface area contributed by atoms with Crippen LogP contribution in [0.4, 0.5) is 14.6 Å². The average molecular weight is 440 g/mol. The summed E-state index contributed by atoms with van der Waals surface area (Å²) in [5.74, 6) is -1.80. The van der Waals surface area contributed by atoms with E-state index in [1.165, 1.54) is 12.3 Å². The Bertz CT molecular complexity index is 1320. The number of aromatic nitrogens is 3. The molecule has 4 aromatic rings. The van der Waals surface area contributed by atoms with E-state index in [2.05, 4.69) is 15.2 Å². The van der Waals surface area contributed by atoms with Gasteiger partial charge in [-0.05, 0) is 42.2 Å². The molecule has 0 fully saturated rings. The Morgan fingerprint density at radius 3 is 2.62 bits per heavy atom. The van der Waals surface area contributed by atoms with Gasteiger partial charge >= 0.3 is 0 Å². The third-order valence-electron chi connectivity index (χ3n) is 6.02. The number of pyridine rings is 1. The van der Waals surface area contributed by atoms with E-state index < -0.39 is 23.0 Å². The number of nitrogens with one attached hydrogen (secondary N) is 1. The number of phenols is 1. The molecular weight excluding hydrogens is 414 g/mol. The van der Waals surface area contributed by atoms with Gasteiger partial charge in [-0.1, -0.05) is 32.0 Å². The van der Waals surface area contributed by atoms with Crippen LogP contribution < -0.4 is 4.90 Å². The Labute approximate surface area is 184 Å². The number of hydrogen-bond donors (Lipinski definition) is 3. The van der Waals surface area contributed by atoms with Crippen LogP contribution in [0, 0.1) is 11.6 Å². The molecule has 0 saturated heterocycles. The first-order valence-corrected chi connectivity index (χ1v) is 10.6. The summed E-state index contributed by atoms with van der Waals surface area (Å²) in [5, 5.41) is 29.0. The van der Waals surface area contributed by atoms with Gasteiger partial charge in [0.25, 0.3) is 0 Å². The summed E-state index contributed by atoms with van der Waals surface area (Å²) in [6, 6.07) is 6.75. The molecule has 168 valence electrons.